The van der Waals surface area contributed by atoms with E-state index in [0.29, 0.717) is 0 Å². The van der Waals surface area contributed by atoms with Crippen molar-refractivity contribution in [3.05, 3.63) is 16.6 Å². The number of aromatic nitrogens is 1. The van der Waals surface area contributed by atoms with Crippen LogP contribution in [0.15, 0.2) is 16.9 Å². The predicted molar refractivity (Wildman–Crippen MR) is 53.0 cm³/mol. The van der Waals surface area contributed by atoms with Gasteiger partial charge < -0.3 is 4.84 Å². The average molecular weight is 196 g/mol. The van der Waals surface area contributed by atoms with E-state index >= 15 is 0 Å². The van der Waals surface area contributed by atoms with Crippen LogP contribution in [-0.2, 0) is 4.84 Å². The standard InChI is InChI=1S/C9H12N2OS/c1-2-8(3-1)6-12-11-5-9-4-10-7-13-9/h4-5,7-8H,1-3,6H2. The molecule has 0 spiro atoms. The molecular weight excluding hydrogens is 184 g/mol. The number of rotatable bonds is 4. The highest BCUT2D eigenvalue weighted by atomic mass is 32.1. The van der Waals surface area contributed by atoms with Crippen LogP contribution in [0, 0.1) is 5.92 Å². The van der Waals surface area contributed by atoms with Crippen LogP contribution < -0.4 is 0 Å². The molecule has 0 N–H and O–H groups in total. The summed E-state index contributed by atoms with van der Waals surface area (Å²) in [4.78, 5) is 10.1. The monoisotopic (exact) mass is 196 g/mol. The lowest BCUT2D eigenvalue weighted by molar-refractivity contribution is 0.0768. The summed E-state index contributed by atoms with van der Waals surface area (Å²) in [6.45, 7) is 0.773. The Balaban J connectivity index is 1.66. The van der Waals surface area contributed by atoms with Gasteiger partial charge in [0.2, 0.25) is 0 Å². The van der Waals surface area contributed by atoms with Gasteiger partial charge in [0, 0.05) is 6.20 Å². The van der Waals surface area contributed by atoms with Crippen molar-refractivity contribution in [1.29, 1.82) is 0 Å². The van der Waals surface area contributed by atoms with E-state index < -0.39 is 0 Å². The smallest absolute Gasteiger partial charge is 0.120 e. The summed E-state index contributed by atoms with van der Waals surface area (Å²) in [6, 6.07) is 0. The van der Waals surface area contributed by atoms with Crippen molar-refractivity contribution in [3.63, 3.8) is 0 Å². The molecule has 1 aromatic heterocycles. The zero-order valence-electron chi connectivity index (χ0n) is 7.35. The maximum absolute atomic E-state index is 5.16. The van der Waals surface area contributed by atoms with Crippen molar-refractivity contribution in [3.8, 4) is 0 Å². The molecule has 0 atom stereocenters. The number of oxime groups is 1. The highest BCUT2D eigenvalue weighted by Gasteiger charge is 2.17. The zero-order chi connectivity index (χ0) is 8.93. The molecule has 0 radical (unpaired) electrons. The molecule has 0 bridgehead atoms. The third-order valence-electron chi connectivity index (χ3n) is 2.24. The number of hydrogen-bond acceptors (Lipinski definition) is 4. The van der Waals surface area contributed by atoms with Crippen LogP contribution in [0.2, 0.25) is 0 Å². The Labute approximate surface area is 81.4 Å². The molecule has 3 nitrogen and oxygen atoms in total. The molecule has 0 saturated heterocycles. The van der Waals surface area contributed by atoms with E-state index in [1.54, 1.807) is 29.3 Å². The molecule has 0 amide bonds. The quantitative estimate of drug-likeness (QED) is 0.547. The second kappa shape index (κ2) is 4.37. The lowest BCUT2D eigenvalue weighted by Gasteiger charge is -2.23. The van der Waals surface area contributed by atoms with Gasteiger partial charge in [-0.1, -0.05) is 11.6 Å². The van der Waals surface area contributed by atoms with Gasteiger partial charge >= 0.3 is 0 Å². The van der Waals surface area contributed by atoms with Crippen LogP contribution in [0.1, 0.15) is 24.1 Å². The molecular formula is C9H12N2OS. The van der Waals surface area contributed by atoms with Gasteiger partial charge in [0.15, 0.2) is 0 Å². The van der Waals surface area contributed by atoms with Crippen molar-refractivity contribution >= 4 is 17.6 Å². The molecule has 0 aliphatic heterocycles. The fraction of sp³-hybridized carbons (Fsp3) is 0.556. The summed E-state index contributed by atoms with van der Waals surface area (Å²) in [5.41, 5.74) is 1.79. The Morgan fingerprint density at radius 3 is 3.23 bits per heavy atom. The van der Waals surface area contributed by atoms with Gasteiger partial charge in [0.1, 0.15) is 6.61 Å². The van der Waals surface area contributed by atoms with Crippen molar-refractivity contribution in [2.24, 2.45) is 11.1 Å². The molecule has 1 heterocycles. The fourth-order valence-corrected chi connectivity index (χ4v) is 1.66. The van der Waals surface area contributed by atoms with Crippen molar-refractivity contribution in [1.82, 2.24) is 4.98 Å². The molecule has 0 unspecified atom stereocenters. The van der Waals surface area contributed by atoms with Gasteiger partial charge in [-0.05, 0) is 18.8 Å². The minimum Gasteiger partial charge on any atom is -0.395 e. The first kappa shape index (κ1) is 8.69. The van der Waals surface area contributed by atoms with Gasteiger partial charge in [-0.25, -0.2) is 0 Å². The Bertz CT molecular complexity index is 267. The summed E-state index contributed by atoms with van der Waals surface area (Å²) < 4.78 is 0. The minimum atomic E-state index is 0.749. The first-order chi connectivity index (χ1) is 6.45. The van der Waals surface area contributed by atoms with E-state index in [9.17, 15) is 0 Å². The molecule has 2 rings (SSSR count). The largest absolute Gasteiger partial charge is 0.395 e. The molecule has 0 aromatic carbocycles. The Kier molecular flexibility index (Phi) is 2.92. The third-order valence-corrected chi connectivity index (χ3v) is 2.95. The Morgan fingerprint density at radius 1 is 1.69 bits per heavy atom. The molecule has 4 heteroatoms. The van der Waals surface area contributed by atoms with Crippen LogP contribution in [0.3, 0.4) is 0 Å². The highest BCUT2D eigenvalue weighted by Crippen LogP contribution is 2.26. The van der Waals surface area contributed by atoms with E-state index in [0.717, 1.165) is 17.4 Å². The van der Waals surface area contributed by atoms with Crippen molar-refractivity contribution < 1.29 is 4.84 Å². The van der Waals surface area contributed by atoms with Gasteiger partial charge in [0.25, 0.3) is 0 Å². The topological polar surface area (TPSA) is 34.5 Å². The fourth-order valence-electron chi connectivity index (χ4n) is 1.19. The SMILES string of the molecule is C(=NOCC1CCC1)c1cncs1. The average Bonchev–Trinajstić information content (AvgIpc) is 2.53. The molecule has 1 aliphatic carbocycles. The maximum atomic E-state index is 5.16. The van der Waals surface area contributed by atoms with Crippen LogP contribution in [0.4, 0.5) is 0 Å². The summed E-state index contributed by atoms with van der Waals surface area (Å²) in [6.07, 6.45) is 7.45. The van der Waals surface area contributed by atoms with Gasteiger partial charge in [0.05, 0.1) is 16.6 Å². The lowest BCUT2D eigenvalue weighted by atomic mass is 9.86. The summed E-state index contributed by atoms with van der Waals surface area (Å²) in [7, 11) is 0. The molecule has 1 aliphatic rings. The van der Waals surface area contributed by atoms with Crippen LogP contribution in [0.5, 0.6) is 0 Å². The van der Waals surface area contributed by atoms with Gasteiger partial charge in [-0.2, -0.15) is 0 Å². The molecule has 70 valence electrons. The van der Waals surface area contributed by atoms with Crippen LogP contribution in [-0.4, -0.2) is 17.8 Å². The van der Waals surface area contributed by atoms with Gasteiger partial charge in [-0.15, -0.1) is 11.3 Å². The van der Waals surface area contributed by atoms with E-state index in [1.807, 2.05) is 0 Å². The van der Waals surface area contributed by atoms with Crippen LogP contribution >= 0.6 is 11.3 Å². The van der Waals surface area contributed by atoms with E-state index in [2.05, 4.69) is 10.1 Å². The molecule has 1 aromatic rings. The minimum absolute atomic E-state index is 0.749. The normalized spacial score (nSPS) is 17.5. The molecule has 1 fully saturated rings. The second-order valence-corrected chi connectivity index (χ2v) is 4.15. The number of thiazole rings is 1. The van der Waals surface area contributed by atoms with E-state index in [4.69, 9.17) is 4.84 Å². The molecule has 1 saturated carbocycles. The lowest BCUT2D eigenvalue weighted by Crippen LogP contribution is -2.16. The number of hydrogen-bond donors (Lipinski definition) is 0. The third kappa shape index (κ3) is 2.52. The van der Waals surface area contributed by atoms with E-state index in [-0.39, 0.29) is 0 Å². The first-order valence-corrected chi connectivity index (χ1v) is 5.37. The predicted octanol–water partition coefficient (Wildman–Crippen LogP) is 2.29. The Morgan fingerprint density at radius 2 is 2.62 bits per heavy atom. The van der Waals surface area contributed by atoms with Gasteiger partial charge in [-0.3, -0.25) is 4.98 Å². The van der Waals surface area contributed by atoms with Crippen molar-refractivity contribution in [2.75, 3.05) is 6.61 Å². The number of nitrogens with zero attached hydrogens (tertiary/aromatic N) is 2. The summed E-state index contributed by atoms with van der Waals surface area (Å²) in [5, 5.41) is 3.88. The first-order valence-electron chi connectivity index (χ1n) is 4.49. The molecule has 13 heavy (non-hydrogen) atoms. The van der Waals surface area contributed by atoms with Crippen LogP contribution in [0.25, 0.3) is 0 Å². The summed E-state index contributed by atoms with van der Waals surface area (Å²) in [5.74, 6) is 0.749. The second-order valence-electron chi connectivity index (χ2n) is 3.23. The maximum Gasteiger partial charge on any atom is 0.120 e. The summed E-state index contributed by atoms with van der Waals surface area (Å²) >= 11 is 1.56. The van der Waals surface area contributed by atoms with E-state index in [1.165, 1.54) is 19.3 Å². The Hall–Kier alpha value is -0.900. The highest BCUT2D eigenvalue weighted by molar-refractivity contribution is 7.11. The zero-order valence-corrected chi connectivity index (χ0v) is 8.17. The van der Waals surface area contributed by atoms with Crippen molar-refractivity contribution in [2.45, 2.75) is 19.3 Å².